The van der Waals surface area contributed by atoms with E-state index in [4.69, 9.17) is 4.74 Å². The topological polar surface area (TPSA) is 90.8 Å². The fraction of sp³-hybridized carbons (Fsp3) is 0.552. The molecule has 8 heteroatoms. The van der Waals surface area contributed by atoms with E-state index < -0.39 is 41.3 Å². The molecule has 4 rings (SSSR count). The molecule has 4 atom stereocenters. The maximum absolute atomic E-state index is 13.8. The van der Waals surface area contributed by atoms with Crippen LogP contribution in [-0.4, -0.2) is 41.1 Å². The van der Waals surface area contributed by atoms with Crippen LogP contribution in [0.3, 0.4) is 0 Å². The second kappa shape index (κ2) is 10.3. The van der Waals surface area contributed by atoms with Gasteiger partial charge in [-0.1, -0.05) is 45.0 Å². The third-order valence-corrected chi connectivity index (χ3v) is 7.80. The van der Waals surface area contributed by atoms with Crippen LogP contribution in [0.1, 0.15) is 70.1 Å². The smallest absolute Gasteiger partial charge is 0.404 e. The highest BCUT2D eigenvalue weighted by atomic mass is 19.1. The number of hydrogen-bond acceptors (Lipinski definition) is 4. The standard InChI is InChI=1S/C29H38F2N2O4/c1-27(2,3)25(24(34)23(32-26(35)36)15-18-13-21(30)17-22(31)14-18)33-29(10-11-29)20-8-5-7-19(16-20)28(4)9-6-12-37-28/h5,7-8,13-14,16-17,23-25,32-34H,6,9-12,15H2,1-4H3,(H,35,36). The summed E-state index contributed by atoms with van der Waals surface area (Å²) in [4.78, 5) is 11.6. The van der Waals surface area contributed by atoms with Crippen LogP contribution in [-0.2, 0) is 22.3 Å². The molecule has 1 aliphatic carbocycles. The van der Waals surface area contributed by atoms with Gasteiger partial charge in [0.1, 0.15) is 11.6 Å². The molecule has 4 unspecified atom stereocenters. The number of ether oxygens (including phenoxy) is 1. The Labute approximate surface area is 217 Å². The molecule has 2 fully saturated rings. The van der Waals surface area contributed by atoms with Gasteiger partial charge in [0.05, 0.1) is 17.7 Å². The number of hydrogen-bond donors (Lipinski definition) is 4. The van der Waals surface area contributed by atoms with Gasteiger partial charge in [0, 0.05) is 24.3 Å². The van der Waals surface area contributed by atoms with E-state index >= 15 is 0 Å². The van der Waals surface area contributed by atoms with E-state index in [1.54, 1.807) is 0 Å². The lowest BCUT2D eigenvalue weighted by Crippen LogP contribution is -2.60. The first-order valence-electron chi connectivity index (χ1n) is 13.0. The summed E-state index contributed by atoms with van der Waals surface area (Å²) in [6, 6.07) is 9.96. The zero-order valence-electron chi connectivity index (χ0n) is 22.0. The van der Waals surface area contributed by atoms with Gasteiger partial charge in [0.15, 0.2) is 0 Å². The van der Waals surface area contributed by atoms with Gasteiger partial charge in [-0.25, -0.2) is 13.6 Å². The van der Waals surface area contributed by atoms with Crippen LogP contribution in [0.2, 0.25) is 0 Å². The Morgan fingerprint density at radius 3 is 2.27 bits per heavy atom. The SMILES string of the molecule is CC1(c2cccc(C3(NC(C(O)C(Cc4cc(F)cc(F)c4)NC(=O)O)C(C)(C)C)CC3)c2)CCCO1. The highest BCUT2D eigenvalue weighted by Crippen LogP contribution is 2.48. The van der Waals surface area contributed by atoms with Crippen LogP contribution >= 0.6 is 0 Å². The van der Waals surface area contributed by atoms with Crippen molar-refractivity contribution in [1.29, 1.82) is 0 Å². The van der Waals surface area contributed by atoms with Gasteiger partial charge in [-0.2, -0.15) is 0 Å². The lowest BCUT2D eigenvalue weighted by Gasteiger charge is -2.41. The summed E-state index contributed by atoms with van der Waals surface area (Å²) in [6.07, 6.45) is 1.19. The first-order valence-corrected chi connectivity index (χ1v) is 13.0. The monoisotopic (exact) mass is 516 g/mol. The summed E-state index contributed by atoms with van der Waals surface area (Å²) in [5.41, 5.74) is 1.37. The fourth-order valence-electron chi connectivity index (χ4n) is 5.54. The van der Waals surface area contributed by atoms with Crippen LogP contribution in [0.4, 0.5) is 13.6 Å². The average Bonchev–Trinajstić information content (AvgIpc) is 3.46. The van der Waals surface area contributed by atoms with Gasteiger partial charge in [0.25, 0.3) is 0 Å². The lowest BCUT2D eigenvalue weighted by molar-refractivity contribution is 0.0165. The number of carbonyl (C=O) groups is 1. The third kappa shape index (κ3) is 6.30. The van der Waals surface area contributed by atoms with Crippen LogP contribution < -0.4 is 10.6 Å². The predicted octanol–water partition coefficient (Wildman–Crippen LogP) is 5.22. The summed E-state index contributed by atoms with van der Waals surface area (Å²) in [7, 11) is 0. The number of carboxylic acid groups (broad SMARTS) is 1. The minimum atomic E-state index is -1.31. The predicted molar refractivity (Wildman–Crippen MR) is 137 cm³/mol. The van der Waals surface area contributed by atoms with E-state index in [-0.39, 0.29) is 23.1 Å². The quantitative estimate of drug-likeness (QED) is 0.367. The number of amides is 1. The van der Waals surface area contributed by atoms with E-state index in [9.17, 15) is 23.8 Å². The summed E-state index contributed by atoms with van der Waals surface area (Å²) >= 11 is 0. The maximum atomic E-state index is 13.8. The number of rotatable bonds is 9. The normalized spacial score (nSPS) is 23.3. The Morgan fingerprint density at radius 2 is 1.73 bits per heavy atom. The molecular weight excluding hydrogens is 478 g/mol. The van der Waals surface area contributed by atoms with Gasteiger partial charge < -0.3 is 25.6 Å². The second-order valence-corrected chi connectivity index (χ2v) is 11.9. The van der Waals surface area contributed by atoms with Crippen molar-refractivity contribution in [1.82, 2.24) is 10.6 Å². The number of aliphatic hydroxyl groups excluding tert-OH is 1. The molecule has 0 aromatic heterocycles. The average molecular weight is 517 g/mol. The van der Waals surface area contributed by atoms with Crippen molar-refractivity contribution in [3.63, 3.8) is 0 Å². The molecule has 0 bridgehead atoms. The molecule has 2 aromatic rings. The molecule has 1 saturated heterocycles. The van der Waals surface area contributed by atoms with Gasteiger partial charge in [-0.3, -0.25) is 0 Å². The van der Waals surface area contributed by atoms with Crippen LogP contribution in [0.25, 0.3) is 0 Å². The molecule has 1 saturated carbocycles. The first kappa shape index (κ1) is 27.5. The maximum Gasteiger partial charge on any atom is 0.404 e. The van der Waals surface area contributed by atoms with E-state index in [0.29, 0.717) is 0 Å². The van der Waals surface area contributed by atoms with Gasteiger partial charge in [-0.15, -0.1) is 0 Å². The highest BCUT2D eigenvalue weighted by molar-refractivity contribution is 5.65. The Kier molecular flexibility index (Phi) is 7.66. The third-order valence-electron chi connectivity index (χ3n) is 7.80. The molecule has 202 valence electrons. The first-order chi connectivity index (χ1) is 17.3. The molecule has 37 heavy (non-hydrogen) atoms. The van der Waals surface area contributed by atoms with E-state index in [1.807, 2.05) is 26.8 Å². The van der Waals surface area contributed by atoms with Gasteiger partial charge >= 0.3 is 6.09 Å². The van der Waals surface area contributed by atoms with E-state index in [0.717, 1.165) is 61.6 Å². The van der Waals surface area contributed by atoms with Crippen molar-refractivity contribution < 1.29 is 28.5 Å². The summed E-state index contributed by atoms with van der Waals surface area (Å²) in [5, 5.41) is 27.1. The second-order valence-electron chi connectivity index (χ2n) is 11.9. The van der Waals surface area contributed by atoms with Crippen LogP contribution in [0.15, 0.2) is 42.5 Å². The molecule has 2 aromatic carbocycles. The number of aliphatic hydroxyl groups is 1. The highest BCUT2D eigenvalue weighted by Gasteiger charge is 2.50. The molecule has 6 nitrogen and oxygen atoms in total. The van der Waals surface area contributed by atoms with Crippen molar-refractivity contribution in [2.45, 2.75) is 89.1 Å². The number of nitrogens with one attached hydrogen (secondary N) is 2. The molecule has 4 N–H and O–H groups in total. The summed E-state index contributed by atoms with van der Waals surface area (Å²) < 4.78 is 33.7. The van der Waals surface area contributed by atoms with Crippen LogP contribution in [0, 0.1) is 17.0 Å². The Hall–Kier alpha value is -2.55. The van der Waals surface area contributed by atoms with E-state index in [2.05, 4.69) is 35.8 Å². The van der Waals surface area contributed by atoms with Crippen molar-refractivity contribution >= 4 is 6.09 Å². The Balaban J connectivity index is 1.61. The summed E-state index contributed by atoms with van der Waals surface area (Å²) in [6.45, 7) is 8.80. The lowest BCUT2D eigenvalue weighted by atomic mass is 9.79. The number of halogens is 2. The van der Waals surface area contributed by atoms with Crippen LogP contribution in [0.5, 0.6) is 0 Å². The minimum absolute atomic E-state index is 0.0609. The number of benzene rings is 2. The molecule has 1 aliphatic heterocycles. The van der Waals surface area contributed by atoms with Crippen molar-refractivity contribution in [2.24, 2.45) is 5.41 Å². The molecule has 0 spiro atoms. The Morgan fingerprint density at radius 1 is 1.08 bits per heavy atom. The molecule has 1 amide bonds. The van der Waals surface area contributed by atoms with Crippen molar-refractivity contribution in [3.05, 3.63) is 70.8 Å². The molecule has 1 heterocycles. The minimum Gasteiger partial charge on any atom is -0.465 e. The molecule has 2 aliphatic rings. The summed E-state index contributed by atoms with van der Waals surface area (Å²) in [5.74, 6) is -1.50. The molecular formula is C29H38F2N2O4. The molecule has 0 radical (unpaired) electrons. The van der Waals surface area contributed by atoms with Crippen molar-refractivity contribution in [3.8, 4) is 0 Å². The zero-order valence-corrected chi connectivity index (χ0v) is 22.0. The van der Waals surface area contributed by atoms with Crippen molar-refractivity contribution in [2.75, 3.05) is 6.61 Å². The largest absolute Gasteiger partial charge is 0.465 e. The fourth-order valence-corrected chi connectivity index (χ4v) is 5.54. The van der Waals surface area contributed by atoms with E-state index in [1.165, 1.54) is 0 Å². The van der Waals surface area contributed by atoms with Gasteiger partial charge in [0.2, 0.25) is 0 Å². The zero-order chi connectivity index (χ0) is 27.0. The Bertz CT molecular complexity index is 1100. The van der Waals surface area contributed by atoms with Gasteiger partial charge in [-0.05, 0) is 73.3 Å².